The highest BCUT2D eigenvalue weighted by molar-refractivity contribution is 7.16. The van der Waals surface area contributed by atoms with E-state index in [0.717, 1.165) is 10.4 Å². The van der Waals surface area contributed by atoms with Gasteiger partial charge in [-0.25, -0.2) is 4.79 Å². The van der Waals surface area contributed by atoms with Crippen molar-refractivity contribution in [2.24, 2.45) is 5.92 Å². The van der Waals surface area contributed by atoms with E-state index in [0.29, 0.717) is 40.2 Å². The zero-order valence-corrected chi connectivity index (χ0v) is 18.3. The van der Waals surface area contributed by atoms with E-state index < -0.39 is 11.9 Å². The first-order chi connectivity index (χ1) is 13.2. The van der Waals surface area contributed by atoms with Crippen LogP contribution in [0.5, 0.6) is 11.5 Å². The summed E-state index contributed by atoms with van der Waals surface area (Å²) in [5.74, 6) is 0.163. The van der Waals surface area contributed by atoms with Crippen molar-refractivity contribution in [1.29, 1.82) is 0 Å². The lowest BCUT2D eigenvalue weighted by atomic mass is 10.1. The molecule has 0 aliphatic rings. The van der Waals surface area contributed by atoms with Gasteiger partial charge < -0.3 is 19.5 Å². The summed E-state index contributed by atoms with van der Waals surface area (Å²) in [6.07, 6.45) is 0. The zero-order chi connectivity index (χ0) is 21.0. The Morgan fingerprint density at radius 2 is 1.89 bits per heavy atom. The number of hydrogen-bond donors (Lipinski definition) is 1. The SMILES string of the molecule is COC(=O)c1c(NC(=O)c2cc(Cl)c(OCC(C)C)c(OC)c2)sc(C)c1C. The lowest BCUT2D eigenvalue weighted by molar-refractivity contribution is 0.0601. The lowest BCUT2D eigenvalue weighted by Gasteiger charge is -2.15. The van der Waals surface area contributed by atoms with E-state index >= 15 is 0 Å². The molecule has 1 aromatic heterocycles. The number of methoxy groups -OCH3 is 2. The molecule has 0 aliphatic heterocycles. The van der Waals surface area contributed by atoms with Crippen LogP contribution in [-0.4, -0.2) is 32.7 Å². The zero-order valence-electron chi connectivity index (χ0n) is 16.8. The van der Waals surface area contributed by atoms with Gasteiger partial charge in [-0.2, -0.15) is 0 Å². The van der Waals surface area contributed by atoms with Crippen molar-refractivity contribution in [3.63, 3.8) is 0 Å². The van der Waals surface area contributed by atoms with E-state index in [9.17, 15) is 9.59 Å². The second-order valence-corrected chi connectivity index (χ2v) is 8.26. The molecule has 0 aliphatic carbocycles. The fraction of sp³-hybridized carbons (Fsp3) is 0.400. The summed E-state index contributed by atoms with van der Waals surface area (Å²) in [5, 5.41) is 3.48. The first kappa shape index (κ1) is 22.0. The third kappa shape index (κ3) is 4.77. The fourth-order valence-corrected chi connectivity index (χ4v) is 3.79. The Balaban J connectivity index is 2.34. The number of carbonyl (C=O) groups excluding carboxylic acids is 2. The number of amides is 1. The normalized spacial score (nSPS) is 10.7. The number of aryl methyl sites for hydroxylation is 1. The highest BCUT2D eigenvalue weighted by Gasteiger charge is 2.23. The van der Waals surface area contributed by atoms with Crippen molar-refractivity contribution in [2.45, 2.75) is 27.7 Å². The highest BCUT2D eigenvalue weighted by atomic mass is 35.5. The van der Waals surface area contributed by atoms with Crippen LogP contribution in [-0.2, 0) is 4.74 Å². The Morgan fingerprint density at radius 1 is 1.21 bits per heavy atom. The lowest BCUT2D eigenvalue weighted by Crippen LogP contribution is -2.15. The molecule has 0 fully saturated rings. The molecule has 1 amide bonds. The van der Waals surface area contributed by atoms with Crippen LogP contribution >= 0.6 is 22.9 Å². The molecule has 152 valence electrons. The van der Waals surface area contributed by atoms with Crippen LogP contribution in [0.3, 0.4) is 0 Å². The second kappa shape index (κ2) is 9.30. The molecule has 1 N–H and O–H groups in total. The maximum absolute atomic E-state index is 12.8. The van der Waals surface area contributed by atoms with E-state index in [1.807, 2.05) is 27.7 Å². The standard InChI is InChI=1S/C20H24ClNO5S/c1-10(2)9-27-17-14(21)7-13(8-15(17)25-5)18(23)22-19-16(20(24)26-6)11(3)12(4)28-19/h7-8,10H,9H2,1-6H3,(H,22,23). The van der Waals surface area contributed by atoms with Gasteiger partial charge in [0.05, 0.1) is 31.4 Å². The summed E-state index contributed by atoms with van der Waals surface area (Å²) in [7, 11) is 2.79. The molecule has 0 spiro atoms. The van der Waals surface area contributed by atoms with Crippen molar-refractivity contribution < 1.29 is 23.8 Å². The number of ether oxygens (including phenoxy) is 3. The largest absolute Gasteiger partial charge is 0.493 e. The molecule has 6 nitrogen and oxygen atoms in total. The van der Waals surface area contributed by atoms with Crippen LogP contribution in [0.25, 0.3) is 0 Å². The maximum Gasteiger partial charge on any atom is 0.341 e. The molecule has 0 saturated carbocycles. The molecule has 0 saturated heterocycles. The predicted molar refractivity (Wildman–Crippen MR) is 111 cm³/mol. The minimum absolute atomic E-state index is 0.275. The average molecular weight is 426 g/mol. The van der Waals surface area contributed by atoms with E-state index in [2.05, 4.69) is 5.32 Å². The average Bonchev–Trinajstić information content (AvgIpc) is 2.92. The van der Waals surface area contributed by atoms with E-state index in [4.69, 9.17) is 25.8 Å². The van der Waals surface area contributed by atoms with Gasteiger partial charge in [-0.05, 0) is 37.5 Å². The summed E-state index contributed by atoms with van der Waals surface area (Å²) in [5.41, 5.74) is 1.42. The van der Waals surface area contributed by atoms with Crippen LogP contribution in [0.1, 0.15) is 45.0 Å². The summed E-state index contributed by atoms with van der Waals surface area (Å²) in [4.78, 5) is 25.8. The predicted octanol–water partition coefficient (Wildman–Crippen LogP) is 5.10. The Bertz CT molecular complexity index is 891. The van der Waals surface area contributed by atoms with Crippen LogP contribution in [0, 0.1) is 19.8 Å². The molecule has 8 heteroatoms. The molecule has 0 atom stereocenters. The minimum Gasteiger partial charge on any atom is -0.493 e. The summed E-state index contributed by atoms with van der Waals surface area (Å²) >= 11 is 7.64. The first-order valence-electron chi connectivity index (χ1n) is 8.69. The van der Waals surface area contributed by atoms with Gasteiger partial charge in [0.1, 0.15) is 5.00 Å². The Hall–Kier alpha value is -2.25. The van der Waals surface area contributed by atoms with Gasteiger partial charge in [0, 0.05) is 10.4 Å². The number of benzene rings is 1. The molecule has 28 heavy (non-hydrogen) atoms. The van der Waals surface area contributed by atoms with Gasteiger partial charge >= 0.3 is 5.97 Å². The number of thiophene rings is 1. The molecule has 1 heterocycles. The van der Waals surface area contributed by atoms with Crippen molar-refractivity contribution in [3.8, 4) is 11.5 Å². The Labute approximate surface area is 173 Å². The van der Waals surface area contributed by atoms with Crippen molar-refractivity contribution >= 4 is 39.8 Å². The van der Waals surface area contributed by atoms with Gasteiger partial charge in [-0.3, -0.25) is 4.79 Å². The Morgan fingerprint density at radius 3 is 2.46 bits per heavy atom. The smallest absolute Gasteiger partial charge is 0.341 e. The number of rotatable bonds is 7. The number of nitrogens with one attached hydrogen (secondary N) is 1. The summed E-state index contributed by atoms with van der Waals surface area (Å²) in [6.45, 7) is 8.20. The molecule has 1 aromatic carbocycles. The van der Waals surface area contributed by atoms with Crippen LogP contribution in [0.4, 0.5) is 5.00 Å². The number of hydrogen-bond acceptors (Lipinski definition) is 6. The van der Waals surface area contributed by atoms with Crippen LogP contribution in [0.2, 0.25) is 5.02 Å². The van der Waals surface area contributed by atoms with Crippen LogP contribution < -0.4 is 14.8 Å². The highest BCUT2D eigenvalue weighted by Crippen LogP contribution is 2.38. The fourth-order valence-electron chi connectivity index (χ4n) is 2.48. The van der Waals surface area contributed by atoms with Crippen molar-refractivity contribution in [1.82, 2.24) is 0 Å². The van der Waals surface area contributed by atoms with E-state index in [-0.39, 0.29) is 5.02 Å². The summed E-state index contributed by atoms with van der Waals surface area (Å²) < 4.78 is 15.9. The molecule has 0 unspecified atom stereocenters. The topological polar surface area (TPSA) is 73.9 Å². The van der Waals surface area contributed by atoms with Crippen LogP contribution in [0.15, 0.2) is 12.1 Å². The van der Waals surface area contributed by atoms with Crippen molar-refractivity contribution in [2.75, 3.05) is 26.1 Å². The molecule has 0 radical (unpaired) electrons. The third-order valence-corrected chi connectivity index (χ3v) is 5.46. The van der Waals surface area contributed by atoms with Gasteiger partial charge in [0.2, 0.25) is 0 Å². The molecule has 0 bridgehead atoms. The van der Waals surface area contributed by atoms with Crippen molar-refractivity contribution in [3.05, 3.63) is 38.7 Å². The quantitative estimate of drug-likeness (QED) is 0.624. The Kier molecular flexibility index (Phi) is 7.32. The molecule has 2 rings (SSSR count). The molecular weight excluding hydrogens is 402 g/mol. The van der Waals surface area contributed by atoms with Gasteiger partial charge in [0.15, 0.2) is 11.5 Å². The van der Waals surface area contributed by atoms with Gasteiger partial charge in [-0.1, -0.05) is 25.4 Å². The second-order valence-electron chi connectivity index (χ2n) is 6.63. The first-order valence-corrected chi connectivity index (χ1v) is 9.89. The number of esters is 1. The third-order valence-electron chi connectivity index (χ3n) is 4.05. The number of carbonyl (C=O) groups is 2. The van der Waals surface area contributed by atoms with Gasteiger partial charge in [0.25, 0.3) is 5.91 Å². The van der Waals surface area contributed by atoms with Gasteiger partial charge in [-0.15, -0.1) is 11.3 Å². The maximum atomic E-state index is 12.8. The molecular formula is C20H24ClNO5S. The monoisotopic (exact) mass is 425 g/mol. The summed E-state index contributed by atoms with van der Waals surface area (Å²) in [6, 6.07) is 3.07. The number of halogens is 1. The molecule has 2 aromatic rings. The van der Waals surface area contributed by atoms with E-state index in [1.165, 1.54) is 31.6 Å². The minimum atomic E-state index is -0.495. The van der Waals surface area contributed by atoms with E-state index in [1.54, 1.807) is 6.07 Å². The number of anilines is 1.